The van der Waals surface area contributed by atoms with Gasteiger partial charge in [-0.1, -0.05) is 31.6 Å². The van der Waals surface area contributed by atoms with Crippen LogP contribution in [-0.2, 0) is 0 Å². The van der Waals surface area contributed by atoms with E-state index in [9.17, 15) is 10.2 Å². The fourth-order valence-electron chi connectivity index (χ4n) is 6.08. The molecule has 7 atom stereocenters. The van der Waals surface area contributed by atoms with Crippen molar-refractivity contribution in [2.24, 2.45) is 28.4 Å². The standard InChI is InChI=1S/C19H29NO2/c1-18-7-5-12(21)9-11(18)10-15(20)17-13-3-4-16(22)19(13,2)8-6-14(17)18/h5,7,11-12,14-16,21-22H,3-4,6,8-10,20H2,1-2H3/t11?,12?,14-,15?,16?,18+,19+/m1/s1. The number of rotatable bonds is 0. The van der Waals surface area contributed by atoms with E-state index in [-0.39, 0.29) is 29.1 Å². The van der Waals surface area contributed by atoms with Gasteiger partial charge in [-0.25, -0.2) is 0 Å². The molecule has 4 rings (SSSR count). The number of nitrogens with two attached hydrogens (primary N) is 1. The zero-order chi connectivity index (χ0) is 15.7. The first-order chi connectivity index (χ1) is 10.4. The summed E-state index contributed by atoms with van der Waals surface area (Å²) in [5, 5.41) is 20.5. The zero-order valence-corrected chi connectivity index (χ0v) is 13.8. The molecule has 4 unspecified atom stereocenters. The molecule has 4 aliphatic carbocycles. The summed E-state index contributed by atoms with van der Waals surface area (Å²) in [7, 11) is 0. The molecular formula is C19H29NO2. The molecular weight excluding hydrogens is 274 g/mol. The van der Waals surface area contributed by atoms with E-state index in [4.69, 9.17) is 5.73 Å². The predicted octanol–water partition coefficient (Wildman–Crippen LogP) is 2.53. The van der Waals surface area contributed by atoms with Crippen LogP contribution in [-0.4, -0.2) is 28.5 Å². The highest BCUT2D eigenvalue weighted by Crippen LogP contribution is 2.62. The molecule has 0 aliphatic heterocycles. The number of allylic oxidation sites excluding steroid dienone is 1. The lowest BCUT2D eigenvalue weighted by atomic mass is 9.50. The van der Waals surface area contributed by atoms with Gasteiger partial charge in [-0.2, -0.15) is 0 Å². The van der Waals surface area contributed by atoms with Crippen molar-refractivity contribution in [1.82, 2.24) is 0 Å². The lowest BCUT2D eigenvalue weighted by molar-refractivity contribution is 0.0233. The molecule has 2 saturated carbocycles. The summed E-state index contributed by atoms with van der Waals surface area (Å²) in [5.41, 5.74) is 9.65. The van der Waals surface area contributed by atoms with Gasteiger partial charge in [0.2, 0.25) is 0 Å². The van der Waals surface area contributed by atoms with Crippen molar-refractivity contribution in [3.05, 3.63) is 23.3 Å². The van der Waals surface area contributed by atoms with Crippen molar-refractivity contribution >= 4 is 0 Å². The summed E-state index contributed by atoms with van der Waals surface area (Å²) in [4.78, 5) is 0. The van der Waals surface area contributed by atoms with Crippen molar-refractivity contribution in [2.75, 3.05) is 0 Å². The maximum Gasteiger partial charge on any atom is 0.0724 e. The first-order valence-electron chi connectivity index (χ1n) is 8.91. The Labute approximate surface area is 133 Å². The van der Waals surface area contributed by atoms with E-state index in [1.807, 2.05) is 6.08 Å². The van der Waals surface area contributed by atoms with E-state index in [2.05, 4.69) is 19.9 Å². The summed E-state index contributed by atoms with van der Waals surface area (Å²) in [5.74, 6) is 0.978. The van der Waals surface area contributed by atoms with E-state index >= 15 is 0 Å². The highest BCUT2D eigenvalue weighted by atomic mass is 16.3. The fraction of sp³-hybridized carbons (Fsp3) is 0.789. The lowest BCUT2D eigenvalue weighted by Gasteiger charge is -2.56. The van der Waals surface area contributed by atoms with Crippen molar-refractivity contribution in [3.63, 3.8) is 0 Å². The van der Waals surface area contributed by atoms with E-state index < -0.39 is 0 Å². The van der Waals surface area contributed by atoms with Gasteiger partial charge in [0, 0.05) is 11.5 Å². The number of aliphatic hydroxyl groups excluding tert-OH is 2. The summed E-state index contributed by atoms with van der Waals surface area (Å²) in [6.07, 6.45) is 9.69. The van der Waals surface area contributed by atoms with Crippen molar-refractivity contribution < 1.29 is 10.2 Å². The second-order valence-corrected chi connectivity index (χ2v) is 8.56. The van der Waals surface area contributed by atoms with E-state index in [0.29, 0.717) is 11.8 Å². The Balaban J connectivity index is 1.82. The molecule has 3 heteroatoms. The Hall–Kier alpha value is -0.640. The van der Waals surface area contributed by atoms with Crippen LogP contribution >= 0.6 is 0 Å². The molecule has 0 bridgehead atoms. The lowest BCUT2D eigenvalue weighted by Crippen LogP contribution is -2.52. The molecule has 0 spiro atoms. The van der Waals surface area contributed by atoms with Crippen LogP contribution in [0.1, 0.15) is 52.4 Å². The van der Waals surface area contributed by atoms with Gasteiger partial charge in [-0.15, -0.1) is 0 Å². The second-order valence-electron chi connectivity index (χ2n) is 8.56. The summed E-state index contributed by atoms with van der Waals surface area (Å²) >= 11 is 0. The van der Waals surface area contributed by atoms with Crippen LogP contribution < -0.4 is 5.73 Å². The molecule has 4 aliphatic rings. The molecule has 0 aromatic rings. The Morgan fingerprint density at radius 1 is 1.18 bits per heavy atom. The molecule has 0 heterocycles. The third-order valence-electron chi connectivity index (χ3n) is 7.54. The van der Waals surface area contributed by atoms with Gasteiger partial charge in [0.25, 0.3) is 0 Å². The molecule has 0 aromatic heterocycles. The van der Waals surface area contributed by atoms with Crippen molar-refractivity contribution in [3.8, 4) is 0 Å². The third-order valence-corrected chi connectivity index (χ3v) is 7.54. The van der Waals surface area contributed by atoms with Crippen LogP contribution in [0.5, 0.6) is 0 Å². The number of aliphatic hydroxyl groups is 2. The van der Waals surface area contributed by atoms with Gasteiger partial charge in [-0.05, 0) is 61.3 Å². The molecule has 4 N–H and O–H groups in total. The van der Waals surface area contributed by atoms with Gasteiger partial charge in [0.15, 0.2) is 0 Å². The van der Waals surface area contributed by atoms with E-state index in [0.717, 1.165) is 38.5 Å². The fourth-order valence-corrected chi connectivity index (χ4v) is 6.08. The SMILES string of the molecule is C[C@]12CC[C@@H]3C(=C1CCC2O)C(N)CC1CC(O)C=C[C@@]13C. The monoisotopic (exact) mass is 303 g/mol. The second kappa shape index (κ2) is 4.68. The van der Waals surface area contributed by atoms with E-state index in [1.165, 1.54) is 11.1 Å². The Morgan fingerprint density at radius 3 is 2.73 bits per heavy atom. The van der Waals surface area contributed by atoms with Crippen LogP contribution in [0.3, 0.4) is 0 Å². The summed E-state index contributed by atoms with van der Waals surface area (Å²) in [6, 6.07) is 0.113. The van der Waals surface area contributed by atoms with Gasteiger partial charge >= 0.3 is 0 Å². The molecule has 0 saturated heterocycles. The Kier molecular flexibility index (Phi) is 3.18. The minimum Gasteiger partial charge on any atom is -0.392 e. The van der Waals surface area contributed by atoms with Gasteiger partial charge in [0.05, 0.1) is 12.2 Å². The minimum absolute atomic E-state index is 0.0372. The quantitative estimate of drug-likeness (QED) is 0.602. The summed E-state index contributed by atoms with van der Waals surface area (Å²) < 4.78 is 0. The van der Waals surface area contributed by atoms with Crippen LogP contribution in [0.4, 0.5) is 0 Å². The maximum absolute atomic E-state index is 10.5. The molecule has 22 heavy (non-hydrogen) atoms. The molecule has 0 radical (unpaired) electrons. The highest BCUT2D eigenvalue weighted by Gasteiger charge is 2.55. The zero-order valence-electron chi connectivity index (χ0n) is 13.8. The van der Waals surface area contributed by atoms with Crippen LogP contribution in [0, 0.1) is 22.7 Å². The topological polar surface area (TPSA) is 66.5 Å². The molecule has 0 aromatic carbocycles. The van der Waals surface area contributed by atoms with E-state index in [1.54, 1.807) is 0 Å². The Bertz CT molecular complexity index is 554. The predicted molar refractivity (Wildman–Crippen MR) is 87.1 cm³/mol. The Morgan fingerprint density at radius 2 is 1.95 bits per heavy atom. The highest BCUT2D eigenvalue weighted by molar-refractivity contribution is 5.39. The van der Waals surface area contributed by atoms with Crippen molar-refractivity contribution in [1.29, 1.82) is 0 Å². The molecule has 0 amide bonds. The van der Waals surface area contributed by atoms with Crippen molar-refractivity contribution in [2.45, 2.75) is 70.6 Å². The number of fused-ring (bicyclic) bond motifs is 4. The largest absolute Gasteiger partial charge is 0.392 e. The van der Waals surface area contributed by atoms with Gasteiger partial charge < -0.3 is 15.9 Å². The summed E-state index contributed by atoms with van der Waals surface area (Å²) in [6.45, 7) is 4.61. The molecule has 3 nitrogen and oxygen atoms in total. The molecule has 2 fully saturated rings. The third kappa shape index (κ3) is 1.79. The number of hydrogen-bond acceptors (Lipinski definition) is 3. The first-order valence-corrected chi connectivity index (χ1v) is 8.91. The normalized spacial score (nSPS) is 54.0. The molecule has 122 valence electrons. The minimum atomic E-state index is -0.304. The van der Waals surface area contributed by atoms with Gasteiger partial charge in [0.1, 0.15) is 0 Å². The van der Waals surface area contributed by atoms with Crippen LogP contribution in [0.2, 0.25) is 0 Å². The average molecular weight is 303 g/mol. The number of hydrogen-bond donors (Lipinski definition) is 3. The average Bonchev–Trinajstić information content (AvgIpc) is 2.77. The van der Waals surface area contributed by atoms with Crippen LogP contribution in [0.15, 0.2) is 23.3 Å². The first kappa shape index (κ1) is 14.9. The smallest absolute Gasteiger partial charge is 0.0724 e. The maximum atomic E-state index is 10.5. The van der Waals surface area contributed by atoms with Crippen LogP contribution in [0.25, 0.3) is 0 Å². The van der Waals surface area contributed by atoms with Gasteiger partial charge in [-0.3, -0.25) is 0 Å².